The van der Waals surface area contributed by atoms with Gasteiger partial charge >= 0.3 is 35.5 Å². The summed E-state index contributed by atoms with van der Waals surface area (Å²) < 4.78 is 39.9. The number of nitrogens with two attached hydrogens (primary N) is 1. The Bertz CT molecular complexity index is 1460. The van der Waals surface area contributed by atoms with Gasteiger partial charge in [-0.1, -0.05) is 19.0 Å². The van der Waals surface area contributed by atoms with Crippen molar-refractivity contribution in [2.45, 2.75) is 52.0 Å². The van der Waals surface area contributed by atoms with Crippen molar-refractivity contribution >= 4 is 56.0 Å². The molecular weight excluding hydrogens is 595 g/mol. The number of nitro groups is 1. The number of oxime groups is 1. The zero-order chi connectivity index (χ0) is 30.0. The Morgan fingerprint density at radius 3 is 2.39 bits per heavy atom. The number of thiazole rings is 1. The number of aromatic nitrogens is 1. The first-order valence-electron chi connectivity index (χ1n) is 11.5. The molecule has 1 saturated heterocycles. The Morgan fingerprint density at radius 1 is 1.29 bits per heavy atom. The van der Waals surface area contributed by atoms with Crippen molar-refractivity contribution in [2.24, 2.45) is 11.1 Å². The summed E-state index contributed by atoms with van der Waals surface area (Å²) in [5.41, 5.74) is 3.71. The number of anilines is 1. The predicted molar refractivity (Wildman–Crippen MR) is 138 cm³/mol. The Kier molecular flexibility index (Phi) is 11.0. The minimum Gasteiger partial charge on any atom is -0.731 e. The number of hydrogen-bond donors (Lipinski definition) is 2. The molecule has 1 aromatic carbocycles. The molecule has 0 aliphatic carbocycles. The van der Waals surface area contributed by atoms with Gasteiger partial charge in [-0.05, 0) is 37.5 Å². The molecule has 0 spiro atoms. The second kappa shape index (κ2) is 13.2. The maximum absolute atomic E-state index is 13.1. The number of carbonyl (C=O) groups excluding carboxylic acids is 3. The van der Waals surface area contributed by atoms with Crippen molar-refractivity contribution in [3.05, 3.63) is 51.0 Å². The quantitative estimate of drug-likeness (QED) is 0.0513. The van der Waals surface area contributed by atoms with E-state index < -0.39 is 62.3 Å². The van der Waals surface area contributed by atoms with E-state index in [1.165, 1.54) is 43.5 Å². The number of non-ortho nitro benzene ring substituents is 1. The molecule has 2 heterocycles. The van der Waals surface area contributed by atoms with Crippen molar-refractivity contribution in [2.75, 3.05) is 5.73 Å². The first-order chi connectivity index (χ1) is 18.5. The second-order valence-electron chi connectivity index (χ2n) is 9.39. The van der Waals surface area contributed by atoms with Crippen LogP contribution in [0.15, 0.2) is 34.8 Å². The molecule has 216 valence electrons. The number of esters is 1. The zero-order valence-electron chi connectivity index (χ0n) is 22.6. The van der Waals surface area contributed by atoms with Crippen molar-refractivity contribution in [3.63, 3.8) is 0 Å². The zero-order valence-corrected chi connectivity index (χ0v) is 26.2. The van der Waals surface area contributed by atoms with Gasteiger partial charge in [-0.15, -0.1) is 11.3 Å². The van der Waals surface area contributed by atoms with E-state index in [0.29, 0.717) is 5.56 Å². The summed E-state index contributed by atoms with van der Waals surface area (Å²) in [4.78, 5) is 57.7. The molecule has 3 rings (SSSR count). The fraction of sp³-hybridized carbons (Fsp3) is 0.409. The molecule has 2 aromatic rings. The number of β-lactam (4-membered cyclic amide) rings is 1. The number of ether oxygens (including phenoxy) is 1. The van der Waals surface area contributed by atoms with Gasteiger partial charge in [-0.25, -0.2) is 22.5 Å². The van der Waals surface area contributed by atoms with Crippen LogP contribution in [0.2, 0.25) is 0 Å². The summed E-state index contributed by atoms with van der Waals surface area (Å²) in [7, 11) is -5.10. The van der Waals surface area contributed by atoms with E-state index in [1.807, 2.05) is 0 Å². The molecule has 0 bridgehead atoms. The van der Waals surface area contributed by atoms with Crippen LogP contribution < -0.4 is 40.6 Å². The molecule has 2 atom stereocenters. The molecule has 0 radical (unpaired) electrons. The van der Waals surface area contributed by atoms with Gasteiger partial charge in [0.15, 0.2) is 21.1 Å². The molecule has 0 saturated carbocycles. The number of nitro benzene ring substituents is 1. The minimum atomic E-state index is -5.10. The number of benzene rings is 1. The first-order valence-corrected chi connectivity index (χ1v) is 13.8. The van der Waals surface area contributed by atoms with Gasteiger partial charge in [0.25, 0.3) is 17.5 Å². The second-order valence-corrected chi connectivity index (χ2v) is 11.5. The maximum Gasteiger partial charge on any atom is 1.00 e. The number of carbonyl (C=O) groups is 3. The molecule has 2 unspecified atom stereocenters. The average molecular weight is 621 g/mol. The third kappa shape index (κ3) is 7.98. The monoisotopic (exact) mass is 620 g/mol. The van der Waals surface area contributed by atoms with E-state index in [4.69, 9.17) is 15.3 Å². The summed E-state index contributed by atoms with van der Waals surface area (Å²) in [5, 5.41) is 18.3. The van der Waals surface area contributed by atoms with Crippen LogP contribution >= 0.6 is 11.3 Å². The Labute approximate surface area is 260 Å². The van der Waals surface area contributed by atoms with Gasteiger partial charge in [-0.3, -0.25) is 19.7 Å². The fourth-order valence-corrected chi connectivity index (χ4v) is 5.13. The molecule has 41 heavy (non-hydrogen) atoms. The van der Waals surface area contributed by atoms with Crippen LogP contribution in [0, 0.1) is 16.0 Å². The molecule has 3 N–H and O–H groups in total. The molecule has 19 heteroatoms. The standard InChI is InChI=1S/C22H26N6O10S2.Na/c1-11(2)17-16(19(30)27(17)40(34,35)36)25-18(29)15(14-10-39-21(23)24-14)26-38-22(3,4)20(31)37-9-12-5-7-13(8-6-12)28(32)33;/h5-8,10-11,16-17H,9H2,1-4H3,(H2,23,24)(H,25,29)(H,34,35,36);/q;+1/p-1. The van der Waals surface area contributed by atoms with E-state index in [-0.39, 0.29) is 57.0 Å². The van der Waals surface area contributed by atoms with Gasteiger partial charge in [0.2, 0.25) is 5.60 Å². The Balaban J connectivity index is 0.00000588. The van der Waals surface area contributed by atoms with Crippen LogP contribution in [0.3, 0.4) is 0 Å². The number of rotatable bonds is 11. The Hall–Kier alpha value is -3.16. The number of hydrogen-bond acceptors (Lipinski definition) is 14. The van der Waals surface area contributed by atoms with Crippen LogP contribution in [0.4, 0.5) is 10.8 Å². The SMILES string of the molecule is CC(C)C1C(NC(=O)C(=NOC(C)(C)C(=O)OCc2ccc([N+](=O)[O-])cc2)c2csc(N)n2)C(=O)N1S(=O)(=O)[O-].[Na+]. The van der Waals surface area contributed by atoms with Gasteiger partial charge in [0.05, 0.1) is 11.0 Å². The number of amides is 2. The summed E-state index contributed by atoms with van der Waals surface area (Å²) in [5.74, 6) is -3.53. The first kappa shape index (κ1) is 34.0. The summed E-state index contributed by atoms with van der Waals surface area (Å²) >= 11 is 0.967. The molecule has 16 nitrogen and oxygen atoms in total. The molecular formula is C22H25N6NaO10S2. The Morgan fingerprint density at radius 2 is 1.90 bits per heavy atom. The van der Waals surface area contributed by atoms with Gasteiger partial charge in [0.1, 0.15) is 18.3 Å². The average Bonchev–Trinajstić information content (AvgIpc) is 3.28. The van der Waals surface area contributed by atoms with Crippen LogP contribution in [0.1, 0.15) is 39.0 Å². The smallest absolute Gasteiger partial charge is 0.731 e. The number of nitrogens with one attached hydrogen (secondary N) is 1. The van der Waals surface area contributed by atoms with E-state index in [1.54, 1.807) is 13.8 Å². The minimum absolute atomic E-state index is 0. The van der Waals surface area contributed by atoms with E-state index in [9.17, 15) is 37.5 Å². The van der Waals surface area contributed by atoms with Crippen molar-refractivity contribution in [3.8, 4) is 0 Å². The molecule has 1 aliphatic rings. The van der Waals surface area contributed by atoms with E-state index in [2.05, 4.69) is 15.5 Å². The van der Waals surface area contributed by atoms with Crippen molar-refractivity contribution in [1.29, 1.82) is 0 Å². The van der Waals surface area contributed by atoms with E-state index in [0.717, 1.165) is 11.3 Å². The number of nitrogens with zero attached hydrogens (tertiary/aromatic N) is 4. The molecule has 1 aliphatic heterocycles. The van der Waals surface area contributed by atoms with Crippen LogP contribution in [0.5, 0.6) is 0 Å². The van der Waals surface area contributed by atoms with Crippen LogP contribution in [-0.2, 0) is 40.9 Å². The van der Waals surface area contributed by atoms with Gasteiger partial charge in [0, 0.05) is 17.5 Å². The third-order valence-corrected chi connectivity index (χ3v) is 7.24. The van der Waals surface area contributed by atoms with Gasteiger partial charge in [-0.2, -0.15) is 0 Å². The summed E-state index contributed by atoms with van der Waals surface area (Å²) in [6.07, 6.45) is 0. The van der Waals surface area contributed by atoms with Gasteiger partial charge < -0.3 is 25.2 Å². The molecule has 2 amide bonds. The normalized spacial score (nSPS) is 17.4. The topological polar surface area (TPSA) is 237 Å². The predicted octanol–water partition coefficient (Wildman–Crippen LogP) is -2.31. The summed E-state index contributed by atoms with van der Waals surface area (Å²) in [6.45, 7) is 5.52. The molecule has 1 fully saturated rings. The van der Waals surface area contributed by atoms with E-state index >= 15 is 0 Å². The van der Waals surface area contributed by atoms with Crippen LogP contribution in [0.25, 0.3) is 0 Å². The van der Waals surface area contributed by atoms with Crippen molar-refractivity contribution < 1.29 is 71.4 Å². The maximum atomic E-state index is 13.1. The molecule has 1 aromatic heterocycles. The number of nitrogen functional groups attached to an aromatic ring is 1. The third-order valence-electron chi connectivity index (χ3n) is 5.66. The fourth-order valence-electron chi connectivity index (χ4n) is 3.59. The largest absolute Gasteiger partial charge is 1.00 e. The van der Waals surface area contributed by atoms with Crippen molar-refractivity contribution in [1.82, 2.24) is 14.6 Å². The van der Waals surface area contributed by atoms with Crippen LogP contribution in [-0.4, -0.2) is 68.4 Å². The summed E-state index contributed by atoms with van der Waals surface area (Å²) in [6, 6.07) is 2.85.